The van der Waals surface area contributed by atoms with Crippen LogP contribution in [0.5, 0.6) is 0 Å². The molecule has 1 aliphatic heterocycles. The predicted molar refractivity (Wildman–Crippen MR) is 37.5 cm³/mol. The lowest BCUT2D eigenvalue weighted by molar-refractivity contribution is 0.969. The van der Waals surface area contributed by atoms with E-state index in [1.807, 2.05) is 6.19 Å². The zero-order valence-corrected chi connectivity index (χ0v) is 5.65. The molecule has 0 amide bonds. The number of fused-ring (bicyclic) bond motifs is 1. The SMILES string of the molecule is N#CNC1=NCc2nccn21. The smallest absolute Gasteiger partial charge is 0.217 e. The van der Waals surface area contributed by atoms with E-state index in [1.54, 1.807) is 17.0 Å². The summed E-state index contributed by atoms with van der Waals surface area (Å²) in [7, 11) is 0. The van der Waals surface area contributed by atoms with E-state index < -0.39 is 0 Å². The van der Waals surface area contributed by atoms with Gasteiger partial charge in [0.1, 0.15) is 12.4 Å². The van der Waals surface area contributed by atoms with Gasteiger partial charge >= 0.3 is 0 Å². The Bertz CT molecular complexity index is 342. The van der Waals surface area contributed by atoms with Gasteiger partial charge in [-0.2, -0.15) is 5.26 Å². The average Bonchev–Trinajstić information content (AvgIpc) is 2.53. The van der Waals surface area contributed by atoms with Crippen LogP contribution in [0.25, 0.3) is 0 Å². The second-order valence-electron chi connectivity index (χ2n) is 2.09. The molecule has 1 N–H and O–H groups in total. The lowest BCUT2D eigenvalue weighted by atomic mass is 10.6. The fourth-order valence-electron chi connectivity index (χ4n) is 1.02. The molecule has 0 aromatic carbocycles. The minimum atomic E-state index is 0.553. The van der Waals surface area contributed by atoms with Crippen LogP contribution in [0.3, 0.4) is 0 Å². The summed E-state index contributed by atoms with van der Waals surface area (Å²) in [6, 6.07) is 0. The molecule has 1 aromatic rings. The minimum Gasteiger partial charge on any atom is -0.272 e. The highest BCUT2D eigenvalue weighted by Crippen LogP contribution is 2.05. The van der Waals surface area contributed by atoms with Crippen LogP contribution in [0, 0.1) is 11.5 Å². The first-order valence-corrected chi connectivity index (χ1v) is 3.14. The molecule has 1 aromatic heterocycles. The van der Waals surface area contributed by atoms with Crippen LogP contribution in [0.15, 0.2) is 17.4 Å². The van der Waals surface area contributed by atoms with E-state index in [0.29, 0.717) is 12.5 Å². The average molecular weight is 147 g/mol. The van der Waals surface area contributed by atoms with Crippen molar-refractivity contribution in [3.05, 3.63) is 18.2 Å². The Kier molecular flexibility index (Phi) is 1.13. The molecule has 0 saturated carbocycles. The third-order valence-electron chi connectivity index (χ3n) is 1.48. The first kappa shape index (κ1) is 5.92. The van der Waals surface area contributed by atoms with Crippen LogP contribution in [0.4, 0.5) is 0 Å². The second-order valence-corrected chi connectivity index (χ2v) is 2.09. The fraction of sp³-hybridized carbons (Fsp3) is 0.167. The molecule has 0 saturated heterocycles. The number of aromatic nitrogens is 2. The molecule has 2 heterocycles. The molecule has 5 heteroatoms. The highest BCUT2D eigenvalue weighted by Gasteiger charge is 2.13. The van der Waals surface area contributed by atoms with E-state index in [0.717, 1.165) is 5.82 Å². The van der Waals surface area contributed by atoms with Gasteiger partial charge in [0.25, 0.3) is 0 Å². The van der Waals surface area contributed by atoms with Crippen LogP contribution in [-0.2, 0) is 6.54 Å². The summed E-state index contributed by atoms with van der Waals surface area (Å²) in [6.45, 7) is 0.553. The molecule has 1 aliphatic rings. The first-order chi connectivity index (χ1) is 5.42. The third kappa shape index (κ3) is 0.765. The molecular weight excluding hydrogens is 142 g/mol. The van der Waals surface area contributed by atoms with E-state index in [4.69, 9.17) is 5.26 Å². The molecule has 0 bridgehead atoms. The van der Waals surface area contributed by atoms with Gasteiger partial charge in [0, 0.05) is 12.4 Å². The number of hydrogen-bond acceptors (Lipinski definition) is 4. The Morgan fingerprint density at radius 2 is 2.64 bits per heavy atom. The maximum Gasteiger partial charge on any atom is 0.217 e. The molecule has 0 unspecified atom stereocenters. The molecule has 54 valence electrons. The molecule has 0 spiro atoms. The van der Waals surface area contributed by atoms with Gasteiger partial charge in [-0.25, -0.2) is 9.98 Å². The van der Waals surface area contributed by atoms with E-state index >= 15 is 0 Å². The lowest BCUT2D eigenvalue weighted by Gasteiger charge is -1.96. The Balaban J connectivity index is 2.36. The van der Waals surface area contributed by atoms with Crippen LogP contribution in [0.2, 0.25) is 0 Å². The Hall–Kier alpha value is -1.83. The van der Waals surface area contributed by atoms with Gasteiger partial charge in [0.2, 0.25) is 5.96 Å². The molecule has 2 rings (SSSR count). The number of nitrogens with one attached hydrogen (secondary N) is 1. The summed E-state index contributed by atoms with van der Waals surface area (Å²) in [5.74, 6) is 1.42. The summed E-state index contributed by atoms with van der Waals surface area (Å²) in [5.41, 5.74) is 0. The summed E-state index contributed by atoms with van der Waals surface area (Å²) in [5, 5.41) is 10.8. The summed E-state index contributed by atoms with van der Waals surface area (Å²) < 4.78 is 1.75. The van der Waals surface area contributed by atoms with Gasteiger partial charge in [-0.1, -0.05) is 0 Å². The second kappa shape index (κ2) is 2.09. The number of nitriles is 1. The Morgan fingerprint density at radius 1 is 1.73 bits per heavy atom. The van der Waals surface area contributed by atoms with Crippen LogP contribution < -0.4 is 5.32 Å². The summed E-state index contributed by atoms with van der Waals surface area (Å²) in [6.07, 6.45) is 5.26. The normalized spacial score (nSPS) is 13.5. The number of hydrogen-bond donors (Lipinski definition) is 1. The van der Waals surface area contributed by atoms with Gasteiger partial charge in [0.15, 0.2) is 6.19 Å². The van der Waals surface area contributed by atoms with E-state index in [-0.39, 0.29) is 0 Å². The Morgan fingerprint density at radius 3 is 3.45 bits per heavy atom. The molecule has 11 heavy (non-hydrogen) atoms. The zero-order chi connectivity index (χ0) is 7.68. The number of imidazole rings is 1. The molecule has 0 aliphatic carbocycles. The van der Waals surface area contributed by atoms with Gasteiger partial charge < -0.3 is 0 Å². The van der Waals surface area contributed by atoms with Crippen molar-refractivity contribution in [3.63, 3.8) is 0 Å². The van der Waals surface area contributed by atoms with E-state index in [9.17, 15) is 0 Å². The van der Waals surface area contributed by atoms with Crippen molar-refractivity contribution in [2.75, 3.05) is 0 Å². The van der Waals surface area contributed by atoms with Crippen LogP contribution in [-0.4, -0.2) is 15.5 Å². The molecule has 0 fully saturated rings. The standard InChI is InChI=1S/C6H5N5/c7-4-10-6-9-3-5-8-1-2-11(5)6/h1-2H,3H2,(H,9,10). The summed E-state index contributed by atoms with van der Waals surface area (Å²) >= 11 is 0. The largest absolute Gasteiger partial charge is 0.272 e. The highest BCUT2D eigenvalue weighted by molar-refractivity contribution is 5.85. The molecule has 0 radical (unpaired) electrons. The van der Waals surface area contributed by atoms with Crippen molar-refractivity contribution in [3.8, 4) is 6.19 Å². The maximum atomic E-state index is 8.31. The monoisotopic (exact) mass is 147 g/mol. The van der Waals surface area contributed by atoms with Crippen LogP contribution in [0.1, 0.15) is 5.82 Å². The van der Waals surface area contributed by atoms with Crippen molar-refractivity contribution in [2.45, 2.75) is 6.54 Å². The fourth-order valence-corrected chi connectivity index (χ4v) is 1.02. The van der Waals surface area contributed by atoms with Crippen molar-refractivity contribution in [2.24, 2.45) is 4.99 Å². The number of rotatable bonds is 0. The predicted octanol–water partition coefficient (Wildman–Crippen LogP) is -0.329. The summed E-state index contributed by atoms with van der Waals surface area (Å²) in [4.78, 5) is 8.07. The van der Waals surface area contributed by atoms with Gasteiger partial charge in [-0.3, -0.25) is 9.88 Å². The minimum absolute atomic E-state index is 0.553. The van der Waals surface area contributed by atoms with E-state index in [1.165, 1.54) is 0 Å². The topological polar surface area (TPSA) is 66.0 Å². The van der Waals surface area contributed by atoms with Gasteiger partial charge in [-0.15, -0.1) is 0 Å². The van der Waals surface area contributed by atoms with Crippen molar-refractivity contribution < 1.29 is 0 Å². The molecule has 5 nitrogen and oxygen atoms in total. The van der Waals surface area contributed by atoms with Crippen molar-refractivity contribution >= 4 is 5.96 Å². The molecule has 0 atom stereocenters. The van der Waals surface area contributed by atoms with Crippen LogP contribution >= 0.6 is 0 Å². The highest BCUT2D eigenvalue weighted by atomic mass is 15.3. The molecular formula is C6H5N5. The van der Waals surface area contributed by atoms with Crippen molar-refractivity contribution in [1.29, 1.82) is 5.26 Å². The third-order valence-corrected chi connectivity index (χ3v) is 1.48. The van der Waals surface area contributed by atoms with Gasteiger partial charge in [-0.05, 0) is 0 Å². The quantitative estimate of drug-likeness (QED) is 0.403. The number of nitrogens with zero attached hydrogens (tertiary/aromatic N) is 4. The maximum absolute atomic E-state index is 8.31. The number of aliphatic imine (C=N–C) groups is 1. The van der Waals surface area contributed by atoms with Crippen molar-refractivity contribution in [1.82, 2.24) is 14.9 Å². The Labute approximate surface area is 63.0 Å². The lowest BCUT2D eigenvalue weighted by Crippen LogP contribution is -2.23. The van der Waals surface area contributed by atoms with E-state index in [2.05, 4.69) is 15.3 Å². The first-order valence-electron chi connectivity index (χ1n) is 3.14. The van der Waals surface area contributed by atoms with Gasteiger partial charge in [0.05, 0.1) is 0 Å². The zero-order valence-electron chi connectivity index (χ0n) is 5.65.